The van der Waals surface area contributed by atoms with Crippen molar-refractivity contribution in [3.05, 3.63) is 35.4 Å². The lowest BCUT2D eigenvalue weighted by Gasteiger charge is -2.24. The number of nitrogens with one attached hydrogen (secondary N) is 2. The summed E-state index contributed by atoms with van der Waals surface area (Å²) < 4.78 is 4.71. The molecule has 2 N–H and O–H groups in total. The first-order valence-corrected chi connectivity index (χ1v) is 8.95. The predicted molar refractivity (Wildman–Crippen MR) is 97.5 cm³/mol. The van der Waals surface area contributed by atoms with E-state index in [1.54, 1.807) is 12.1 Å². The molecule has 1 saturated carbocycles. The van der Waals surface area contributed by atoms with Crippen molar-refractivity contribution in [1.82, 2.24) is 10.6 Å². The van der Waals surface area contributed by atoms with Crippen LogP contribution in [0.1, 0.15) is 54.9 Å². The van der Waals surface area contributed by atoms with E-state index in [0.29, 0.717) is 11.6 Å². The maximum Gasteiger partial charge on any atom is 0.337 e. The Morgan fingerprint density at radius 2 is 1.92 bits per heavy atom. The standard InChI is InChI=1S/C19H29N3O2/c1-3-20-19(22-17-7-5-4-6-8-17)21-14-13-15-9-11-16(12-10-15)18(23)24-2/h9-12,17H,3-8,13-14H2,1-2H3,(H2,20,21,22). The Balaban J connectivity index is 1.85. The minimum Gasteiger partial charge on any atom is -0.465 e. The zero-order chi connectivity index (χ0) is 17.2. The number of carbonyl (C=O) groups is 1. The molecular formula is C19H29N3O2. The fourth-order valence-corrected chi connectivity index (χ4v) is 2.98. The summed E-state index contributed by atoms with van der Waals surface area (Å²) in [4.78, 5) is 16.1. The van der Waals surface area contributed by atoms with E-state index in [4.69, 9.17) is 4.74 Å². The molecule has 1 aliphatic carbocycles. The van der Waals surface area contributed by atoms with Crippen LogP contribution in [0.5, 0.6) is 0 Å². The largest absolute Gasteiger partial charge is 0.465 e. The second-order valence-corrected chi connectivity index (χ2v) is 6.18. The molecule has 1 aliphatic rings. The zero-order valence-corrected chi connectivity index (χ0v) is 14.8. The average Bonchev–Trinajstić information content (AvgIpc) is 2.62. The first-order chi connectivity index (χ1) is 11.7. The molecule has 1 fully saturated rings. The van der Waals surface area contributed by atoms with Crippen molar-refractivity contribution in [2.45, 2.75) is 51.5 Å². The molecule has 0 atom stereocenters. The van der Waals surface area contributed by atoms with Gasteiger partial charge in [-0.05, 0) is 43.9 Å². The Morgan fingerprint density at radius 3 is 2.54 bits per heavy atom. The molecule has 0 saturated heterocycles. The van der Waals surface area contributed by atoms with Gasteiger partial charge in [-0.2, -0.15) is 0 Å². The second-order valence-electron chi connectivity index (χ2n) is 6.18. The summed E-state index contributed by atoms with van der Waals surface area (Å²) in [5.41, 5.74) is 1.75. The molecule has 132 valence electrons. The monoisotopic (exact) mass is 331 g/mol. The van der Waals surface area contributed by atoms with E-state index in [1.165, 1.54) is 44.8 Å². The Hall–Kier alpha value is -2.04. The normalized spacial score (nSPS) is 15.8. The van der Waals surface area contributed by atoms with Crippen molar-refractivity contribution in [1.29, 1.82) is 0 Å². The minimum atomic E-state index is -0.300. The Kier molecular flexibility index (Phi) is 7.59. The van der Waals surface area contributed by atoms with Crippen LogP contribution in [0.15, 0.2) is 29.3 Å². The molecule has 5 heteroatoms. The number of nitrogens with zero attached hydrogens (tertiary/aromatic N) is 1. The lowest BCUT2D eigenvalue weighted by molar-refractivity contribution is 0.0600. The number of benzene rings is 1. The van der Waals surface area contributed by atoms with E-state index >= 15 is 0 Å². The number of hydrogen-bond donors (Lipinski definition) is 2. The number of rotatable bonds is 6. The molecule has 5 nitrogen and oxygen atoms in total. The van der Waals surface area contributed by atoms with Gasteiger partial charge >= 0.3 is 5.97 Å². The summed E-state index contributed by atoms with van der Waals surface area (Å²) >= 11 is 0. The highest BCUT2D eigenvalue weighted by atomic mass is 16.5. The Morgan fingerprint density at radius 1 is 1.21 bits per heavy atom. The predicted octanol–water partition coefficient (Wildman–Crippen LogP) is 2.90. The van der Waals surface area contributed by atoms with Gasteiger partial charge in [-0.1, -0.05) is 31.4 Å². The van der Waals surface area contributed by atoms with Crippen LogP contribution in [-0.2, 0) is 11.2 Å². The highest BCUT2D eigenvalue weighted by Crippen LogP contribution is 2.17. The fraction of sp³-hybridized carbons (Fsp3) is 0.579. The van der Waals surface area contributed by atoms with Gasteiger partial charge in [0.2, 0.25) is 0 Å². The highest BCUT2D eigenvalue weighted by Gasteiger charge is 2.14. The number of ether oxygens (including phenoxy) is 1. The summed E-state index contributed by atoms with van der Waals surface area (Å²) in [5.74, 6) is 0.612. The maximum absolute atomic E-state index is 11.4. The van der Waals surface area contributed by atoms with E-state index in [1.807, 2.05) is 12.1 Å². The molecule has 1 aromatic rings. The second kappa shape index (κ2) is 9.96. The third-order valence-corrected chi connectivity index (χ3v) is 4.34. The molecule has 2 rings (SSSR count). The lowest BCUT2D eigenvalue weighted by atomic mass is 9.96. The van der Waals surface area contributed by atoms with Crippen LogP contribution in [0, 0.1) is 0 Å². The van der Waals surface area contributed by atoms with Crippen LogP contribution in [0.25, 0.3) is 0 Å². The summed E-state index contributed by atoms with van der Waals surface area (Å²) in [7, 11) is 1.40. The SMILES string of the molecule is CCNC(=NCCc1ccc(C(=O)OC)cc1)NC1CCCCC1. The van der Waals surface area contributed by atoms with E-state index in [9.17, 15) is 4.79 Å². The van der Waals surface area contributed by atoms with E-state index < -0.39 is 0 Å². The molecular weight excluding hydrogens is 302 g/mol. The van der Waals surface area contributed by atoms with E-state index in [-0.39, 0.29) is 5.97 Å². The van der Waals surface area contributed by atoms with Gasteiger partial charge in [0.05, 0.1) is 12.7 Å². The molecule has 0 bridgehead atoms. The Labute approximate surface area is 144 Å². The van der Waals surface area contributed by atoms with Gasteiger partial charge in [-0.15, -0.1) is 0 Å². The number of carbonyl (C=O) groups excluding carboxylic acids is 1. The molecule has 0 aromatic heterocycles. The van der Waals surface area contributed by atoms with Crippen molar-refractivity contribution in [2.24, 2.45) is 4.99 Å². The zero-order valence-electron chi connectivity index (χ0n) is 14.8. The first-order valence-electron chi connectivity index (χ1n) is 8.95. The van der Waals surface area contributed by atoms with Gasteiger partial charge in [-0.3, -0.25) is 4.99 Å². The van der Waals surface area contributed by atoms with Crippen LogP contribution in [0.3, 0.4) is 0 Å². The number of aliphatic imine (C=N–C) groups is 1. The summed E-state index contributed by atoms with van der Waals surface area (Å²) in [5, 5.41) is 6.88. The van der Waals surface area contributed by atoms with Crippen LogP contribution in [-0.4, -0.2) is 38.2 Å². The van der Waals surface area contributed by atoms with E-state index in [2.05, 4.69) is 22.5 Å². The van der Waals surface area contributed by atoms with Crippen LogP contribution in [0.2, 0.25) is 0 Å². The third kappa shape index (κ3) is 5.87. The molecule has 0 amide bonds. The summed E-state index contributed by atoms with van der Waals surface area (Å²) in [6.07, 6.45) is 7.29. The Bertz CT molecular complexity index is 534. The quantitative estimate of drug-likeness (QED) is 0.478. The topological polar surface area (TPSA) is 62.7 Å². The van der Waals surface area contributed by atoms with Gasteiger partial charge in [-0.25, -0.2) is 4.79 Å². The number of guanidine groups is 1. The molecule has 0 heterocycles. The first kappa shape index (κ1) is 18.3. The fourth-order valence-electron chi connectivity index (χ4n) is 2.98. The minimum absolute atomic E-state index is 0.300. The molecule has 0 spiro atoms. The maximum atomic E-state index is 11.4. The molecule has 1 aromatic carbocycles. The summed E-state index contributed by atoms with van der Waals surface area (Å²) in [6, 6.07) is 8.08. The van der Waals surface area contributed by atoms with Gasteiger partial charge in [0.1, 0.15) is 0 Å². The van der Waals surface area contributed by atoms with Crippen LogP contribution < -0.4 is 10.6 Å². The van der Waals surface area contributed by atoms with Gasteiger partial charge in [0.15, 0.2) is 5.96 Å². The number of esters is 1. The van der Waals surface area contributed by atoms with Gasteiger partial charge in [0.25, 0.3) is 0 Å². The molecule has 0 aliphatic heterocycles. The van der Waals surface area contributed by atoms with Gasteiger partial charge < -0.3 is 15.4 Å². The molecule has 0 unspecified atom stereocenters. The van der Waals surface area contributed by atoms with E-state index in [0.717, 1.165) is 25.5 Å². The van der Waals surface area contributed by atoms with Crippen LogP contribution in [0.4, 0.5) is 0 Å². The summed E-state index contributed by atoms with van der Waals surface area (Å²) in [6.45, 7) is 3.68. The van der Waals surface area contributed by atoms with Crippen molar-refractivity contribution < 1.29 is 9.53 Å². The number of hydrogen-bond acceptors (Lipinski definition) is 3. The van der Waals surface area contributed by atoms with Gasteiger partial charge in [0, 0.05) is 19.1 Å². The van der Waals surface area contributed by atoms with Crippen molar-refractivity contribution in [3.63, 3.8) is 0 Å². The highest BCUT2D eigenvalue weighted by molar-refractivity contribution is 5.89. The molecule has 24 heavy (non-hydrogen) atoms. The average molecular weight is 331 g/mol. The molecule has 0 radical (unpaired) electrons. The smallest absolute Gasteiger partial charge is 0.337 e. The van der Waals surface area contributed by atoms with Crippen molar-refractivity contribution in [3.8, 4) is 0 Å². The van der Waals surface area contributed by atoms with Crippen molar-refractivity contribution in [2.75, 3.05) is 20.2 Å². The number of methoxy groups -OCH3 is 1. The van der Waals surface area contributed by atoms with Crippen molar-refractivity contribution >= 4 is 11.9 Å². The lowest BCUT2D eigenvalue weighted by Crippen LogP contribution is -2.44. The van der Waals surface area contributed by atoms with Crippen LogP contribution >= 0.6 is 0 Å². The third-order valence-electron chi connectivity index (χ3n) is 4.34.